The van der Waals surface area contributed by atoms with Crippen LogP contribution in [0.2, 0.25) is 0 Å². The van der Waals surface area contributed by atoms with Crippen LogP contribution in [0.15, 0.2) is 35.7 Å². The Kier molecular flexibility index (Phi) is 7.51. The third kappa shape index (κ3) is 5.15. The number of piperidine rings is 1. The number of hydrogen-bond donors (Lipinski definition) is 2. The number of benzene rings is 1. The predicted octanol–water partition coefficient (Wildman–Crippen LogP) is 5.97. The number of fused-ring (bicyclic) bond motifs is 1. The first-order valence-corrected chi connectivity index (χ1v) is 11.4. The fourth-order valence-corrected chi connectivity index (χ4v) is 4.99. The van der Waals surface area contributed by atoms with Gasteiger partial charge in [0.05, 0.1) is 0 Å². The van der Waals surface area contributed by atoms with Crippen molar-refractivity contribution in [3.63, 3.8) is 0 Å². The summed E-state index contributed by atoms with van der Waals surface area (Å²) in [6, 6.07) is 6.82. The molecule has 2 N–H and O–H groups in total. The molecule has 0 spiro atoms. The Hall–Kier alpha value is -1.85. The topological polar surface area (TPSA) is 44.4 Å². The minimum Gasteiger partial charge on any atom is -0.338 e. The molecule has 28 heavy (non-hydrogen) atoms. The molecule has 1 atom stereocenters. The third-order valence-corrected chi connectivity index (χ3v) is 6.86. The Morgan fingerprint density at radius 1 is 1.36 bits per heavy atom. The quantitative estimate of drug-likeness (QED) is 0.445. The first-order valence-electron chi connectivity index (χ1n) is 10.5. The third-order valence-electron chi connectivity index (χ3n) is 5.88. The fourth-order valence-electron chi connectivity index (χ4n) is 3.96. The van der Waals surface area contributed by atoms with E-state index in [0.29, 0.717) is 18.5 Å². The average Bonchev–Trinajstić information content (AvgIpc) is 3.14. The fraction of sp³-hybridized carbons (Fsp3) is 0.522. The lowest BCUT2D eigenvalue weighted by Gasteiger charge is -2.35. The molecular weight excluding hydrogens is 366 g/mol. The van der Waals surface area contributed by atoms with Crippen LogP contribution in [-0.2, 0) is 0 Å². The van der Waals surface area contributed by atoms with Gasteiger partial charge in [-0.05, 0) is 93.1 Å². The Morgan fingerprint density at radius 3 is 2.86 bits per heavy atom. The summed E-state index contributed by atoms with van der Waals surface area (Å²) in [6.07, 6.45) is 8.57. The summed E-state index contributed by atoms with van der Waals surface area (Å²) in [7, 11) is 0. The smallest absolute Gasteiger partial charge is 0.319 e. The molecule has 2 aromatic rings. The minimum atomic E-state index is -0.137. The molecule has 1 aromatic carbocycles. The van der Waals surface area contributed by atoms with Gasteiger partial charge in [-0.3, -0.25) is 0 Å². The monoisotopic (exact) mass is 399 g/mol. The molecule has 0 radical (unpaired) electrons. The van der Waals surface area contributed by atoms with Crippen LogP contribution in [0.4, 0.5) is 10.5 Å². The Labute approximate surface area is 173 Å². The number of carbonyl (C=O) groups excluding carboxylic acids is 1. The highest BCUT2D eigenvalue weighted by molar-refractivity contribution is 7.17. The van der Waals surface area contributed by atoms with Crippen molar-refractivity contribution >= 4 is 33.1 Å². The van der Waals surface area contributed by atoms with E-state index in [9.17, 15) is 4.79 Å². The maximum Gasteiger partial charge on any atom is 0.319 e. The van der Waals surface area contributed by atoms with Gasteiger partial charge in [0.15, 0.2) is 0 Å². The van der Waals surface area contributed by atoms with Gasteiger partial charge in [-0.1, -0.05) is 19.1 Å². The summed E-state index contributed by atoms with van der Waals surface area (Å²) in [5, 5.41) is 9.52. The van der Waals surface area contributed by atoms with E-state index >= 15 is 0 Å². The Morgan fingerprint density at radius 2 is 2.14 bits per heavy atom. The van der Waals surface area contributed by atoms with Crippen molar-refractivity contribution in [3.8, 4) is 0 Å². The van der Waals surface area contributed by atoms with Gasteiger partial charge in [-0.25, -0.2) is 4.79 Å². The van der Waals surface area contributed by atoms with Gasteiger partial charge in [-0.2, -0.15) is 0 Å². The Balaban J connectivity index is 1.65. The van der Waals surface area contributed by atoms with Crippen molar-refractivity contribution in [1.29, 1.82) is 0 Å². The maximum atomic E-state index is 12.1. The zero-order valence-corrected chi connectivity index (χ0v) is 18.1. The normalized spacial score (nSPS) is 17.2. The summed E-state index contributed by atoms with van der Waals surface area (Å²) in [4.78, 5) is 14.7. The molecule has 2 heterocycles. The highest BCUT2D eigenvalue weighted by atomic mass is 32.1. The lowest BCUT2D eigenvalue weighted by molar-refractivity contribution is 0.159. The van der Waals surface area contributed by atoms with Gasteiger partial charge in [0.1, 0.15) is 0 Å². The Bertz CT molecular complexity index is 805. The SMILES string of the molecule is CC=CCCNC(=O)Nc1ccc2scc(C3CCN(C(C)CC)CC3)c2c1. The zero-order chi connectivity index (χ0) is 19.9. The zero-order valence-electron chi connectivity index (χ0n) is 17.3. The second-order valence-corrected chi connectivity index (χ2v) is 8.62. The first-order chi connectivity index (χ1) is 13.6. The van der Waals surface area contributed by atoms with Crippen LogP contribution in [0, 0.1) is 0 Å². The average molecular weight is 400 g/mol. The van der Waals surface area contributed by atoms with Crippen LogP contribution in [0.1, 0.15) is 57.9 Å². The van der Waals surface area contributed by atoms with E-state index in [4.69, 9.17) is 0 Å². The summed E-state index contributed by atoms with van der Waals surface area (Å²) in [5.41, 5.74) is 2.33. The van der Waals surface area contributed by atoms with Gasteiger partial charge in [-0.15, -0.1) is 11.3 Å². The van der Waals surface area contributed by atoms with Gasteiger partial charge in [0, 0.05) is 23.0 Å². The molecule has 1 aromatic heterocycles. The number of allylic oxidation sites excluding steroid dienone is 1. The molecule has 0 aliphatic carbocycles. The molecule has 1 aliphatic rings. The van der Waals surface area contributed by atoms with Gasteiger partial charge >= 0.3 is 6.03 Å². The molecule has 4 nitrogen and oxygen atoms in total. The molecule has 1 aliphatic heterocycles. The lowest BCUT2D eigenvalue weighted by atomic mass is 9.88. The first kappa shape index (κ1) is 20.9. The number of amides is 2. The van der Waals surface area contributed by atoms with E-state index in [0.717, 1.165) is 12.1 Å². The van der Waals surface area contributed by atoms with Crippen molar-refractivity contribution < 1.29 is 4.79 Å². The van der Waals surface area contributed by atoms with E-state index in [1.807, 2.05) is 30.4 Å². The van der Waals surface area contributed by atoms with E-state index in [2.05, 4.69) is 53.0 Å². The van der Waals surface area contributed by atoms with Crippen LogP contribution in [0.25, 0.3) is 10.1 Å². The van der Waals surface area contributed by atoms with Crippen molar-refractivity contribution in [2.24, 2.45) is 0 Å². The molecular formula is C23H33N3OS. The molecule has 5 heteroatoms. The molecule has 2 amide bonds. The second-order valence-electron chi connectivity index (χ2n) is 7.71. The lowest BCUT2D eigenvalue weighted by Crippen LogP contribution is -2.39. The number of urea groups is 1. The van der Waals surface area contributed by atoms with Crippen LogP contribution in [-0.4, -0.2) is 36.6 Å². The summed E-state index contributed by atoms with van der Waals surface area (Å²) < 4.78 is 1.30. The second kappa shape index (κ2) is 10.1. The van der Waals surface area contributed by atoms with Crippen LogP contribution in [0.5, 0.6) is 0 Å². The molecule has 152 valence electrons. The predicted molar refractivity (Wildman–Crippen MR) is 122 cm³/mol. The van der Waals surface area contributed by atoms with Gasteiger partial charge in [0.25, 0.3) is 0 Å². The van der Waals surface area contributed by atoms with Crippen molar-refractivity contribution in [1.82, 2.24) is 10.2 Å². The molecule has 1 fully saturated rings. The standard InChI is InChI=1S/C23H33N3OS/c1-4-6-7-12-24-23(27)25-19-8-9-22-20(15-19)21(16-28-22)18-10-13-26(14-11-18)17(3)5-2/h4,6,8-9,15-18H,5,7,10-14H2,1-3H3,(H2,24,25,27). The number of likely N-dealkylation sites (tertiary alicyclic amines) is 1. The van der Waals surface area contributed by atoms with E-state index in [1.54, 1.807) is 0 Å². The molecule has 1 unspecified atom stereocenters. The highest BCUT2D eigenvalue weighted by Crippen LogP contribution is 2.38. The van der Waals surface area contributed by atoms with E-state index in [1.165, 1.54) is 48.0 Å². The van der Waals surface area contributed by atoms with E-state index in [-0.39, 0.29) is 6.03 Å². The van der Waals surface area contributed by atoms with Crippen LogP contribution < -0.4 is 10.6 Å². The maximum absolute atomic E-state index is 12.1. The van der Waals surface area contributed by atoms with Crippen molar-refractivity contribution in [3.05, 3.63) is 41.3 Å². The molecule has 3 rings (SSSR count). The van der Waals surface area contributed by atoms with Crippen molar-refractivity contribution in [2.75, 3.05) is 25.0 Å². The molecule has 0 saturated carbocycles. The summed E-state index contributed by atoms with van der Waals surface area (Å²) in [6.45, 7) is 9.61. The number of carbonyl (C=O) groups is 1. The number of rotatable bonds is 7. The van der Waals surface area contributed by atoms with Gasteiger partial charge in [0.2, 0.25) is 0 Å². The molecule has 1 saturated heterocycles. The van der Waals surface area contributed by atoms with Gasteiger partial charge < -0.3 is 15.5 Å². The van der Waals surface area contributed by atoms with E-state index < -0.39 is 0 Å². The number of anilines is 1. The largest absolute Gasteiger partial charge is 0.338 e. The molecule has 0 bridgehead atoms. The highest BCUT2D eigenvalue weighted by Gasteiger charge is 2.24. The number of hydrogen-bond acceptors (Lipinski definition) is 3. The van der Waals surface area contributed by atoms with Crippen molar-refractivity contribution in [2.45, 2.75) is 58.4 Å². The number of nitrogens with one attached hydrogen (secondary N) is 2. The van der Waals surface area contributed by atoms with Crippen LogP contribution >= 0.6 is 11.3 Å². The number of nitrogens with zero attached hydrogens (tertiary/aromatic N) is 1. The minimum absolute atomic E-state index is 0.137. The summed E-state index contributed by atoms with van der Waals surface area (Å²) in [5.74, 6) is 0.624. The summed E-state index contributed by atoms with van der Waals surface area (Å²) >= 11 is 1.82. The number of thiophene rings is 1. The van der Waals surface area contributed by atoms with Crippen LogP contribution in [0.3, 0.4) is 0 Å².